The lowest BCUT2D eigenvalue weighted by Crippen LogP contribution is -2.51. The summed E-state index contributed by atoms with van der Waals surface area (Å²) in [4.78, 5) is 26.6. The number of nitro groups is 1. The summed E-state index contributed by atoms with van der Waals surface area (Å²) in [6, 6.07) is 2.46. The Bertz CT molecular complexity index is 867. The van der Waals surface area contributed by atoms with Crippen LogP contribution in [0.25, 0.3) is 10.9 Å². The van der Waals surface area contributed by atoms with Gasteiger partial charge in [-0.3, -0.25) is 14.9 Å². The second-order valence-electron chi connectivity index (χ2n) is 5.71. The molecule has 1 aromatic heterocycles. The number of hydrogen-bond acceptors (Lipinski definition) is 5. The van der Waals surface area contributed by atoms with Crippen LogP contribution in [0.4, 0.5) is 10.1 Å². The van der Waals surface area contributed by atoms with Crippen LogP contribution < -0.4 is 0 Å². The maximum Gasteiger partial charge on any atom is 0.314 e. The van der Waals surface area contributed by atoms with Crippen LogP contribution >= 0.6 is 15.9 Å². The van der Waals surface area contributed by atoms with Gasteiger partial charge in [0.2, 0.25) is 0 Å². The highest BCUT2D eigenvalue weighted by Gasteiger charge is 2.56. The number of fused-ring (bicyclic) bond motifs is 1. The number of carboxylic acid groups (broad SMARTS) is 1. The molecule has 0 spiro atoms. The van der Waals surface area contributed by atoms with Crippen molar-refractivity contribution in [2.75, 3.05) is 7.11 Å². The van der Waals surface area contributed by atoms with Gasteiger partial charge in [0.25, 0.3) is 5.69 Å². The van der Waals surface area contributed by atoms with Crippen molar-refractivity contribution in [2.45, 2.75) is 24.4 Å². The molecule has 24 heavy (non-hydrogen) atoms. The zero-order valence-electron chi connectivity index (χ0n) is 12.5. The molecule has 1 aliphatic carbocycles. The fourth-order valence-electron chi connectivity index (χ4n) is 3.19. The van der Waals surface area contributed by atoms with Gasteiger partial charge in [-0.25, -0.2) is 9.37 Å². The lowest BCUT2D eigenvalue weighted by atomic mass is 9.61. The number of hydrogen-bond donors (Lipinski definition) is 1. The van der Waals surface area contributed by atoms with E-state index in [1.165, 1.54) is 13.2 Å². The van der Waals surface area contributed by atoms with Gasteiger partial charge in [0, 0.05) is 18.6 Å². The van der Waals surface area contributed by atoms with E-state index in [0.717, 1.165) is 12.3 Å². The molecule has 0 bridgehead atoms. The molecule has 0 saturated heterocycles. The molecule has 1 aliphatic rings. The molecule has 1 heterocycles. The van der Waals surface area contributed by atoms with Gasteiger partial charge in [-0.15, -0.1) is 0 Å². The van der Waals surface area contributed by atoms with Gasteiger partial charge in [0.1, 0.15) is 17.4 Å². The molecule has 126 valence electrons. The van der Waals surface area contributed by atoms with Crippen molar-refractivity contribution in [2.24, 2.45) is 0 Å². The smallest absolute Gasteiger partial charge is 0.314 e. The van der Waals surface area contributed by atoms with E-state index < -0.39 is 27.8 Å². The first-order valence-corrected chi connectivity index (χ1v) is 7.78. The van der Waals surface area contributed by atoms with Crippen LogP contribution in [0.1, 0.15) is 18.4 Å². The fraction of sp³-hybridized carbons (Fsp3) is 0.333. The minimum absolute atomic E-state index is 0.0407. The first-order chi connectivity index (χ1) is 11.3. The standard InChI is InChI=1S/C15H12BrFN2O5/c1-24-7-4-15(5-7,14(20)21)13-8-2-9(16)10(17)3-11(8)18-6-12(13)19(22)23/h2-3,6-7H,4-5H2,1H3,(H,20,21). The average Bonchev–Trinajstić information content (AvgIpc) is 2.47. The second-order valence-corrected chi connectivity index (χ2v) is 6.57. The minimum atomic E-state index is -1.46. The number of carbonyl (C=O) groups is 1. The predicted octanol–water partition coefficient (Wildman–Crippen LogP) is 3.18. The van der Waals surface area contributed by atoms with Crippen LogP contribution in [0.5, 0.6) is 0 Å². The third kappa shape index (κ3) is 2.35. The Morgan fingerprint density at radius 2 is 2.21 bits per heavy atom. The van der Waals surface area contributed by atoms with Crippen LogP contribution in [0.15, 0.2) is 22.8 Å². The maximum atomic E-state index is 13.8. The van der Waals surface area contributed by atoms with E-state index in [2.05, 4.69) is 20.9 Å². The summed E-state index contributed by atoms with van der Waals surface area (Å²) in [6.45, 7) is 0. The first kappa shape index (κ1) is 16.7. The molecule has 0 aliphatic heterocycles. The molecule has 1 saturated carbocycles. The number of methoxy groups -OCH3 is 1. The van der Waals surface area contributed by atoms with E-state index in [4.69, 9.17) is 4.74 Å². The topological polar surface area (TPSA) is 103 Å². The number of halogens is 2. The van der Waals surface area contributed by atoms with Crippen molar-refractivity contribution in [3.8, 4) is 0 Å². The van der Waals surface area contributed by atoms with Crippen molar-refractivity contribution in [3.63, 3.8) is 0 Å². The van der Waals surface area contributed by atoms with Gasteiger partial charge in [0.05, 0.1) is 26.6 Å². The van der Waals surface area contributed by atoms with Crippen LogP contribution in [-0.4, -0.2) is 34.2 Å². The molecule has 0 radical (unpaired) electrons. The molecule has 0 unspecified atom stereocenters. The molecule has 1 N–H and O–H groups in total. The Morgan fingerprint density at radius 1 is 1.54 bits per heavy atom. The monoisotopic (exact) mass is 398 g/mol. The molecular formula is C15H12BrFN2O5. The number of ether oxygens (including phenoxy) is 1. The molecule has 0 amide bonds. The van der Waals surface area contributed by atoms with Gasteiger partial charge < -0.3 is 9.84 Å². The van der Waals surface area contributed by atoms with Gasteiger partial charge in [-0.2, -0.15) is 0 Å². The zero-order valence-corrected chi connectivity index (χ0v) is 14.0. The lowest BCUT2D eigenvalue weighted by molar-refractivity contribution is -0.386. The highest BCUT2D eigenvalue weighted by atomic mass is 79.9. The second kappa shape index (κ2) is 5.75. The van der Waals surface area contributed by atoms with E-state index in [1.54, 1.807) is 0 Å². The highest BCUT2D eigenvalue weighted by Crippen LogP contribution is 2.50. The summed E-state index contributed by atoms with van der Waals surface area (Å²) in [7, 11) is 1.46. The van der Waals surface area contributed by atoms with Crippen molar-refractivity contribution in [3.05, 3.63) is 44.3 Å². The van der Waals surface area contributed by atoms with Gasteiger partial charge >= 0.3 is 5.97 Å². The van der Waals surface area contributed by atoms with Gasteiger partial charge in [-0.05, 0) is 34.8 Å². The zero-order chi connectivity index (χ0) is 17.6. The summed E-state index contributed by atoms with van der Waals surface area (Å²) in [5.41, 5.74) is -1.64. The van der Waals surface area contributed by atoms with E-state index in [0.29, 0.717) is 0 Å². The molecule has 7 nitrogen and oxygen atoms in total. The van der Waals surface area contributed by atoms with E-state index in [9.17, 15) is 24.4 Å². The molecule has 9 heteroatoms. The van der Waals surface area contributed by atoms with Crippen molar-refractivity contribution in [1.82, 2.24) is 4.98 Å². The summed E-state index contributed by atoms with van der Waals surface area (Å²) in [5.74, 6) is -1.76. The number of aliphatic carboxylic acids is 1. The molecular weight excluding hydrogens is 387 g/mol. The van der Waals surface area contributed by atoms with Gasteiger partial charge in [-0.1, -0.05) is 0 Å². The molecule has 1 fully saturated rings. The Morgan fingerprint density at radius 3 is 2.75 bits per heavy atom. The van der Waals surface area contributed by atoms with Crippen LogP contribution in [0.3, 0.4) is 0 Å². The summed E-state index contributed by atoms with van der Waals surface area (Å²) in [6.07, 6.45) is 0.894. The summed E-state index contributed by atoms with van der Waals surface area (Å²) < 4.78 is 19.0. The van der Waals surface area contributed by atoms with Crippen molar-refractivity contribution < 1.29 is 24.0 Å². The number of pyridine rings is 1. The quantitative estimate of drug-likeness (QED) is 0.626. The first-order valence-electron chi connectivity index (χ1n) is 6.99. The van der Waals surface area contributed by atoms with Crippen LogP contribution in [-0.2, 0) is 14.9 Å². The number of carboxylic acids is 1. The van der Waals surface area contributed by atoms with E-state index >= 15 is 0 Å². The Kier molecular flexibility index (Phi) is 4.00. The number of rotatable bonds is 4. The molecule has 0 atom stereocenters. The van der Waals surface area contributed by atoms with Crippen LogP contribution in [0, 0.1) is 15.9 Å². The van der Waals surface area contributed by atoms with E-state index in [-0.39, 0.29) is 39.9 Å². The predicted molar refractivity (Wildman–Crippen MR) is 85.4 cm³/mol. The number of benzene rings is 1. The Balaban J connectivity index is 2.35. The van der Waals surface area contributed by atoms with Crippen molar-refractivity contribution in [1.29, 1.82) is 0 Å². The minimum Gasteiger partial charge on any atom is -0.481 e. The summed E-state index contributed by atoms with van der Waals surface area (Å²) >= 11 is 3.04. The van der Waals surface area contributed by atoms with Gasteiger partial charge in [0.15, 0.2) is 0 Å². The molecule has 1 aromatic carbocycles. The number of nitrogens with zero attached hydrogens (tertiary/aromatic N) is 2. The summed E-state index contributed by atoms with van der Waals surface area (Å²) in [5, 5.41) is 21.4. The maximum absolute atomic E-state index is 13.8. The average molecular weight is 399 g/mol. The highest BCUT2D eigenvalue weighted by molar-refractivity contribution is 9.10. The molecule has 2 aromatic rings. The molecule has 3 rings (SSSR count). The third-order valence-electron chi connectivity index (χ3n) is 4.46. The Labute approximate surface area is 143 Å². The van der Waals surface area contributed by atoms with Crippen molar-refractivity contribution >= 4 is 38.5 Å². The van der Waals surface area contributed by atoms with E-state index in [1.807, 2.05) is 0 Å². The van der Waals surface area contributed by atoms with Crippen LogP contribution in [0.2, 0.25) is 0 Å². The lowest BCUT2D eigenvalue weighted by Gasteiger charge is -2.43. The number of aromatic nitrogens is 1. The normalized spacial score (nSPS) is 23.0. The third-order valence-corrected chi connectivity index (χ3v) is 5.07. The Hall–Kier alpha value is -2.13. The SMILES string of the molecule is COC1CC(C(=O)O)(c2c([N+](=O)[O-])cnc3cc(F)c(Br)cc23)C1. The largest absolute Gasteiger partial charge is 0.481 e. The fourth-order valence-corrected chi connectivity index (χ4v) is 3.53.